The molecule has 9 aromatic rings. The minimum absolute atomic E-state index is 0. The first kappa shape index (κ1) is 41.1. The Morgan fingerprint density at radius 2 is 0.922 bits per heavy atom. The van der Waals surface area contributed by atoms with Gasteiger partial charge in [-0.1, -0.05) is 108 Å². The van der Waals surface area contributed by atoms with Crippen LogP contribution in [0.15, 0.2) is 147 Å². The second kappa shape index (κ2) is 16.3. The number of carboxylic acid groups (broad SMARTS) is 1. The molecule has 12 nitrogen and oxygen atoms in total. The summed E-state index contributed by atoms with van der Waals surface area (Å²) in [6, 6.07) is 41.9. The standard InChI is InChI=1S/C49H36N10O2S2.Zn/c1-58(2)26-13-11-15-28(23-26)62-37-25-36-38(39(49(60)61)40(37)63-29-16-12-14-27(24-29)59(3)4)48-56-46-35-22-10-9-21-34(35)44(54-46)52-42-31-18-6-5-17-30(31)41(50-42)51-43-32-19-7-8-20-33(32)45(53-43)55-47(36)57-48;/h5-25H,1-4H3,(H,60,61)(H2,50,51,52,53,54,55,56,57);. The van der Waals surface area contributed by atoms with Crippen molar-refractivity contribution in [3.8, 4) is 45.6 Å². The van der Waals surface area contributed by atoms with Gasteiger partial charge in [0.15, 0.2) is 23.3 Å². The number of fused-ring (bicyclic) bond motifs is 20. The molecule has 8 bridgehead atoms. The van der Waals surface area contributed by atoms with Crippen LogP contribution in [-0.4, -0.2) is 79.1 Å². The summed E-state index contributed by atoms with van der Waals surface area (Å²) in [6.07, 6.45) is 0. The number of aromatic carboxylic acids is 1. The SMILES string of the molecule is CN(C)c1cccc(Sc2cc3c4nc5nc(nc6[nH]c(nc7nc(nc([nH]4)c3c(C(=O)O)c2Sc2cccc(N(C)C)c2)-c2ccccc2-7)c2ccccc62)-c2ccccc2-5)c1.[Zn]. The Labute approximate surface area is 388 Å². The fourth-order valence-electron chi connectivity index (χ4n) is 8.03. The molecule has 6 aromatic carbocycles. The number of benzene rings is 6. The summed E-state index contributed by atoms with van der Waals surface area (Å²) in [5.74, 6) is 0.650. The van der Waals surface area contributed by atoms with E-state index in [-0.39, 0.29) is 25.0 Å². The Balaban J connectivity index is 0.00000484. The summed E-state index contributed by atoms with van der Waals surface area (Å²) >= 11 is 2.92. The number of carbonyl (C=O) groups is 1. The molecule has 0 fully saturated rings. The zero-order chi connectivity index (χ0) is 42.9. The maximum Gasteiger partial charge on any atom is 0.337 e. The predicted octanol–water partition coefficient (Wildman–Crippen LogP) is 11.0. The predicted molar refractivity (Wildman–Crippen MR) is 253 cm³/mol. The number of H-pyrrole nitrogens is 2. The molecule has 0 atom stereocenters. The number of hydrogen-bond acceptors (Lipinski definition) is 11. The smallest absolute Gasteiger partial charge is 0.337 e. The van der Waals surface area contributed by atoms with E-state index < -0.39 is 5.97 Å². The molecule has 15 heteroatoms. The number of rotatable bonds is 7. The van der Waals surface area contributed by atoms with Crippen LogP contribution < -0.4 is 9.80 Å². The molecule has 0 saturated carbocycles. The number of aromatic nitrogens is 8. The monoisotopic (exact) mass is 924 g/mol. The molecular formula is C49H36N10O2S2Zn. The minimum Gasteiger partial charge on any atom is -0.478 e. The normalized spacial score (nSPS) is 11.6. The van der Waals surface area contributed by atoms with Gasteiger partial charge in [0.25, 0.3) is 0 Å². The molecule has 0 unspecified atom stereocenters. The summed E-state index contributed by atoms with van der Waals surface area (Å²) in [4.78, 5) is 58.9. The Hall–Kier alpha value is -6.93. The number of nitrogens with zero attached hydrogens (tertiary/aromatic N) is 8. The topological polar surface area (TPSA) is 153 Å². The molecule has 308 valence electrons. The third-order valence-electron chi connectivity index (χ3n) is 11.1. The molecule has 0 saturated heterocycles. The van der Waals surface area contributed by atoms with E-state index in [1.54, 1.807) is 0 Å². The fourth-order valence-corrected chi connectivity index (χ4v) is 10.2. The van der Waals surface area contributed by atoms with Crippen molar-refractivity contribution in [2.45, 2.75) is 19.6 Å². The van der Waals surface area contributed by atoms with E-state index in [2.05, 4.69) is 22.1 Å². The molecule has 0 amide bonds. The van der Waals surface area contributed by atoms with Crippen LogP contribution in [-0.2, 0) is 19.5 Å². The maximum atomic E-state index is 14.0. The van der Waals surface area contributed by atoms with E-state index in [1.807, 2.05) is 153 Å². The number of hydrogen-bond donors (Lipinski definition) is 3. The van der Waals surface area contributed by atoms with E-state index in [0.29, 0.717) is 61.6 Å². The summed E-state index contributed by atoms with van der Waals surface area (Å²) in [7, 11) is 7.97. The quantitative estimate of drug-likeness (QED) is 0.130. The van der Waals surface area contributed by atoms with Crippen LogP contribution in [0.4, 0.5) is 11.4 Å². The van der Waals surface area contributed by atoms with Gasteiger partial charge in [-0.05, 0) is 42.5 Å². The average Bonchev–Trinajstić information content (AvgIpc) is 4.02. The van der Waals surface area contributed by atoms with E-state index in [0.717, 1.165) is 59.1 Å². The third kappa shape index (κ3) is 7.15. The first-order chi connectivity index (χ1) is 30.7. The van der Waals surface area contributed by atoms with Crippen molar-refractivity contribution < 1.29 is 29.4 Å². The minimum atomic E-state index is -1.10. The van der Waals surface area contributed by atoms with Crippen molar-refractivity contribution >= 4 is 85.0 Å². The van der Waals surface area contributed by atoms with Crippen LogP contribution in [0.2, 0.25) is 0 Å². The van der Waals surface area contributed by atoms with Crippen molar-refractivity contribution in [1.29, 1.82) is 0 Å². The largest absolute Gasteiger partial charge is 0.478 e. The fraction of sp³-hybridized carbons (Fsp3) is 0.0816. The van der Waals surface area contributed by atoms with Gasteiger partial charge in [0.05, 0.1) is 5.56 Å². The van der Waals surface area contributed by atoms with Crippen molar-refractivity contribution in [1.82, 2.24) is 39.9 Å². The summed E-state index contributed by atoms with van der Waals surface area (Å²) in [6.45, 7) is 0. The zero-order valence-corrected chi connectivity index (χ0v) is 39.7. The number of carboxylic acids is 1. The molecule has 11 rings (SSSR count). The van der Waals surface area contributed by atoms with Gasteiger partial charge >= 0.3 is 5.97 Å². The van der Waals surface area contributed by atoms with Gasteiger partial charge in [0, 0.05) is 122 Å². The van der Waals surface area contributed by atoms with E-state index in [9.17, 15) is 9.90 Å². The van der Waals surface area contributed by atoms with Crippen molar-refractivity contribution in [3.05, 3.63) is 133 Å². The molecule has 64 heavy (non-hydrogen) atoms. The maximum absolute atomic E-state index is 14.0. The second-order valence-electron chi connectivity index (χ2n) is 15.5. The summed E-state index contributed by atoms with van der Waals surface area (Å²) in [5.41, 5.74) is 7.15. The Morgan fingerprint density at radius 3 is 1.39 bits per heavy atom. The van der Waals surface area contributed by atoms with Crippen LogP contribution in [0.5, 0.6) is 0 Å². The molecule has 3 N–H and O–H groups in total. The van der Waals surface area contributed by atoms with Crippen LogP contribution in [0, 0.1) is 0 Å². The summed E-state index contributed by atoms with van der Waals surface area (Å²) in [5, 5.41) is 14.2. The Kier molecular flexibility index (Phi) is 10.5. The molecule has 3 aromatic heterocycles. The molecular weight excluding hydrogens is 890 g/mol. The Bertz CT molecular complexity index is 3550. The molecule has 5 heterocycles. The average molecular weight is 926 g/mol. The number of nitrogens with one attached hydrogen (secondary N) is 2. The van der Waals surface area contributed by atoms with Gasteiger partial charge in [0.1, 0.15) is 22.6 Å². The van der Waals surface area contributed by atoms with E-state index >= 15 is 0 Å². The van der Waals surface area contributed by atoms with Crippen LogP contribution >= 0.6 is 23.5 Å². The van der Waals surface area contributed by atoms with Gasteiger partial charge in [-0.3, -0.25) is 0 Å². The van der Waals surface area contributed by atoms with Gasteiger partial charge in [-0.15, -0.1) is 0 Å². The van der Waals surface area contributed by atoms with Gasteiger partial charge in [0.2, 0.25) is 0 Å². The molecule has 2 aliphatic rings. The Morgan fingerprint density at radius 1 is 0.500 bits per heavy atom. The second-order valence-corrected chi connectivity index (χ2v) is 17.7. The van der Waals surface area contributed by atoms with Gasteiger partial charge < -0.3 is 24.9 Å². The first-order valence-electron chi connectivity index (χ1n) is 20.1. The van der Waals surface area contributed by atoms with Crippen molar-refractivity contribution in [2.75, 3.05) is 38.0 Å². The van der Waals surface area contributed by atoms with Crippen LogP contribution in [0.3, 0.4) is 0 Å². The zero-order valence-electron chi connectivity index (χ0n) is 35.1. The van der Waals surface area contributed by atoms with Gasteiger partial charge in [-0.25, -0.2) is 34.7 Å². The van der Waals surface area contributed by atoms with Crippen molar-refractivity contribution in [2.24, 2.45) is 0 Å². The molecule has 0 radical (unpaired) electrons. The first-order valence-corrected chi connectivity index (χ1v) is 21.7. The van der Waals surface area contributed by atoms with Crippen LogP contribution in [0.25, 0.3) is 89.7 Å². The third-order valence-corrected chi connectivity index (χ3v) is 13.4. The molecule has 2 aliphatic heterocycles. The molecule has 0 aliphatic carbocycles. The van der Waals surface area contributed by atoms with E-state index in [1.165, 1.54) is 23.5 Å². The number of aromatic amines is 2. The number of anilines is 2. The van der Waals surface area contributed by atoms with Crippen molar-refractivity contribution in [3.63, 3.8) is 0 Å². The van der Waals surface area contributed by atoms with Crippen LogP contribution in [0.1, 0.15) is 10.4 Å². The van der Waals surface area contributed by atoms with Gasteiger partial charge in [-0.2, -0.15) is 0 Å². The molecule has 0 spiro atoms. The van der Waals surface area contributed by atoms with E-state index in [4.69, 9.17) is 29.9 Å². The summed E-state index contributed by atoms with van der Waals surface area (Å²) < 4.78 is 0.